The summed E-state index contributed by atoms with van der Waals surface area (Å²) in [5, 5.41) is 3.18. The number of rotatable bonds is 4. The molecule has 2 atom stereocenters. The van der Waals surface area contributed by atoms with Crippen LogP contribution < -0.4 is 5.32 Å². The van der Waals surface area contributed by atoms with Crippen molar-refractivity contribution in [3.63, 3.8) is 0 Å². The van der Waals surface area contributed by atoms with Crippen LogP contribution in [0.5, 0.6) is 0 Å². The van der Waals surface area contributed by atoms with Crippen LogP contribution in [0.4, 0.5) is 0 Å². The summed E-state index contributed by atoms with van der Waals surface area (Å²) in [4.78, 5) is 7.45. The predicted octanol–water partition coefficient (Wildman–Crippen LogP) is 2.57. The first-order chi connectivity index (χ1) is 9.36. The zero-order chi connectivity index (χ0) is 13.1. The molecular formula is C16H25N3. The summed E-state index contributed by atoms with van der Waals surface area (Å²) in [6, 6.07) is 7.26. The minimum atomic E-state index is 0.837. The van der Waals surface area contributed by atoms with Crippen molar-refractivity contribution in [3.8, 4) is 0 Å². The second kappa shape index (κ2) is 6.02. The lowest BCUT2D eigenvalue weighted by atomic mass is 9.92. The molecule has 1 saturated heterocycles. The van der Waals surface area contributed by atoms with Crippen molar-refractivity contribution < 1.29 is 0 Å². The van der Waals surface area contributed by atoms with Gasteiger partial charge in [-0.15, -0.1) is 0 Å². The zero-order valence-corrected chi connectivity index (χ0v) is 11.9. The van der Waals surface area contributed by atoms with Crippen LogP contribution in [0.3, 0.4) is 0 Å². The third-order valence-electron chi connectivity index (χ3n) is 4.70. The molecule has 1 aliphatic carbocycles. The molecule has 1 aromatic rings. The molecule has 3 rings (SSSR count). The van der Waals surface area contributed by atoms with Crippen LogP contribution in [0.1, 0.15) is 43.5 Å². The molecule has 0 bridgehead atoms. The monoisotopic (exact) mass is 259 g/mol. The summed E-state index contributed by atoms with van der Waals surface area (Å²) in [5.41, 5.74) is 2.39. The Labute approximate surface area is 116 Å². The molecule has 0 radical (unpaired) electrons. The lowest BCUT2D eigenvalue weighted by molar-refractivity contribution is 0.104. The Morgan fingerprint density at radius 3 is 2.95 bits per heavy atom. The minimum absolute atomic E-state index is 0.837. The van der Waals surface area contributed by atoms with Crippen LogP contribution in [0.25, 0.3) is 0 Å². The summed E-state index contributed by atoms with van der Waals surface area (Å²) in [5.74, 6) is 0.967. The van der Waals surface area contributed by atoms with E-state index < -0.39 is 0 Å². The SMILES string of the molecule is CNCc1cccc(CN2CCCC3CCCC32)n1. The fourth-order valence-corrected chi connectivity index (χ4v) is 3.86. The Morgan fingerprint density at radius 1 is 1.21 bits per heavy atom. The van der Waals surface area contributed by atoms with Gasteiger partial charge in [0.2, 0.25) is 0 Å². The quantitative estimate of drug-likeness (QED) is 0.901. The van der Waals surface area contributed by atoms with Gasteiger partial charge in [-0.2, -0.15) is 0 Å². The van der Waals surface area contributed by atoms with Gasteiger partial charge in [0.15, 0.2) is 0 Å². The Hall–Kier alpha value is -0.930. The van der Waals surface area contributed by atoms with Gasteiger partial charge in [-0.3, -0.25) is 9.88 Å². The van der Waals surface area contributed by atoms with Crippen LogP contribution in [0, 0.1) is 5.92 Å². The standard InChI is InChI=1S/C16H25N3/c1-17-11-14-7-3-8-15(18-14)12-19-10-4-6-13-5-2-9-16(13)19/h3,7-8,13,16-17H,2,4-6,9-12H2,1H3. The van der Waals surface area contributed by atoms with Crippen LogP contribution in [-0.2, 0) is 13.1 Å². The Kier molecular flexibility index (Phi) is 4.14. The molecule has 2 aliphatic rings. The van der Waals surface area contributed by atoms with Gasteiger partial charge in [-0.1, -0.05) is 12.5 Å². The second-order valence-electron chi connectivity index (χ2n) is 6.02. The molecule has 0 spiro atoms. The smallest absolute Gasteiger partial charge is 0.0547 e. The summed E-state index contributed by atoms with van der Waals surface area (Å²) in [6.07, 6.45) is 7.11. The van der Waals surface area contributed by atoms with E-state index in [-0.39, 0.29) is 0 Å². The van der Waals surface area contributed by atoms with Gasteiger partial charge in [0.25, 0.3) is 0 Å². The molecule has 2 unspecified atom stereocenters. The molecule has 104 valence electrons. The van der Waals surface area contributed by atoms with Crippen molar-refractivity contribution in [2.24, 2.45) is 5.92 Å². The molecule has 2 heterocycles. The summed E-state index contributed by atoms with van der Waals surface area (Å²) in [7, 11) is 1.97. The largest absolute Gasteiger partial charge is 0.314 e. The molecule has 1 saturated carbocycles. The first kappa shape index (κ1) is 13.1. The van der Waals surface area contributed by atoms with E-state index in [1.807, 2.05) is 7.05 Å². The van der Waals surface area contributed by atoms with E-state index in [9.17, 15) is 0 Å². The molecular weight excluding hydrogens is 234 g/mol. The van der Waals surface area contributed by atoms with Gasteiger partial charge in [0.05, 0.1) is 11.4 Å². The number of nitrogens with zero attached hydrogens (tertiary/aromatic N) is 2. The number of pyridine rings is 1. The van der Waals surface area contributed by atoms with Crippen molar-refractivity contribution >= 4 is 0 Å². The molecule has 0 aromatic carbocycles. The van der Waals surface area contributed by atoms with Crippen LogP contribution in [0.2, 0.25) is 0 Å². The van der Waals surface area contributed by atoms with Gasteiger partial charge in [-0.25, -0.2) is 0 Å². The average Bonchev–Trinajstić information content (AvgIpc) is 2.89. The number of nitrogens with one attached hydrogen (secondary N) is 1. The van der Waals surface area contributed by atoms with E-state index >= 15 is 0 Å². The highest BCUT2D eigenvalue weighted by molar-refractivity contribution is 5.11. The Bertz CT molecular complexity index is 418. The van der Waals surface area contributed by atoms with Crippen LogP contribution in [-0.4, -0.2) is 29.5 Å². The fourth-order valence-electron chi connectivity index (χ4n) is 3.86. The Balaban J connectivity index is 1.68. The molecule has 1 aliphatic heterocycles. The highest BCUT2D eigenvalue weighted by atomic mass is 15.2. The third-order valence-corrected chi connectivity index (χ3v) is 4.70. The molecule has 1 aromatic heterocycles. The Morgan fingerprint density at radius 2 is 2.05 bits per heavy atom. The van der Waals surface area contributed by atoms with Crippen molar-refractivity contribution in [2.45, 2.75) is 51.2 Å². The van der Waals surface area contributed by atoms with Gasteiger partial charge in [0.1, 0.15) is 0 Å². The number of aromatic nitrogens is 1. The maximum Gasteiger partial charge on any atom is 0.0547 e. The molecule has 0 amide bonds. The fraction of sp³-hybridized carbons (Fsp3) is 0.688. The lowest BCUT2D eigenvalue weighted by Gasteiger charge is -2.37. The maximum absolute atomic E-state index is 4.77. The first-order valence-corrected chi connectivity index (χ1v) is 7.70. The summed E-state index contributed by atoms with van der Waals surface area (Å²) >= 11 is 0. The first-order valence-electron chi connectivity index (χ1n) is 7.70. The normalized spacial score (nSPS) is 27.4. The number of hydrogen-bond donors (Lipinski definition) is 1. The second-order valence-corrected chi connectivity index (χ2v) is 6.02. The summed E-state index contributed by atoms with van der Waals surface area (Å²) in [6.45, 7) is 3.16. The van der Waals surface area contributed by atoms with E-state index in [1.165, 1.54) is 44.3 Å². The van der Waals surface area contributed by atoms with Crippen LogP contribution >= 0.6 is 0 Å². The predicted molar refractivity (Wildman–Crippen MR) is 77.8 cm³/mol. The van der Waals surface area contributed by atoms with E-state index in [2.05, 4.69) is 28.4 Å². The summed E-state index contributed by atoms with van der Waals surface area (Å²) < 4.78 is 0. The maximum atomic E-state index is 4.77. The van der Waals surface area contributed by atoms with E-state index in [0.29, 0.717) is 0 Å². The van der Waals surface area contributed by atoms with Crippen molar-refractivity contribution in [3.05, 3.63) is 29.6 Å². The van der Waals surface area contributed by atoms with Gasteiger partial charge in [-0.05, 0) is 57.3 Å². The van der Waals surface area contributed by atoms with Gasteiger partial charge < -0.3 is 5.32 Å². The zero-order valence-electron chi connectivity index (χ0n) is 11.9. The molecule has 1 N–H and O–H groups in total. The van der Waals surface area contributed by atoms with E-state index in [4.69, 9.17) is 4.98 Å². The molecule has 3 heteroatoms. The topological polar surface area (TPSA) is 28.2 Å². The van der Waals surface area contributed by atoms with Crippen molar-refractivity contribution in [1.82, 2.24) is 15.2 Å². The molecule has 3 nitrogen and oxygen atoms in total. The third kappa shape index (κ3) is 2.98. The van der Waals surface area contributed by atoms with Gasteiger partial charge >= 0.3 is 0 Å². The lowest BCUT2D eigenvalue weighted by Crippen LogP contribution is -2.42. The highest BCUT2D eigenvalue weighted by Gasteiger charge is 2.34. The number of likely N-dealkylation sites (tertiary alicyclic amines) is 1. The minimum Gasteiger partial charge on any atom is -0.314 e. The molecule has 19 heavy (non-hydrogen) atoms. The van der Waals surface area contributed by atoms with E-state index in [0.717, 1.165) is 30.7 Å². The van der Waals surface area contributed by atoms with Crippen LogP contribution in [0.15, 0.2) is 18.2 Å². The van der Waals surface area contributed by atoms with Crippen molar-refractivity contribution in [1.29, 1.82) is 0 Å². The van der Waals surface area contributed by atoms with Crippen molar-refractivity contribution in [2.75, 3.05) is 13.6 Å². The highest BCUT2D eigenvalue weighted by Crippen LogP contribution is 2.37. The number of hydrogen-bond acceptors (Lipinski definition) is 3. The number of fused-ring (bicyclic) bond motifs is 1. The number of piperidine rings is 1. The molecule has 2 fully saturated rings. The average molecular weight is 259 g/mol. The van der Waals surface area contributed by atoms with E-state index in [1.54, 1.807) is 0 Å². The van der Waals surface area contributed by atoms with Gasteiger partial charge in [0, 0.05) is 19.1 Å².